The monoisotopic (exact) mass is 561 g/mol. The van der Waals surface area contributed by atoms with Gasteiger partial charge in [-0.15, -0.1) is 0 Å². The normalized spacial score (nSPS) is 10.6. The molecule has 0 heterocycles. The molecule has 0 aliphatic carbocycles. The zero-order chi connectivity index (χ0) is 29.5. The molecule has 10 heteroatoms. The van der Waals surface area contributed by atoms with Gasteiger partial charge >= 0.3 is 17.9 Å². The van der Waals surface area contributed by atoms with E-state index in [0.29, 0.717) is 35.8 Å². The summed E-state index contributed by atoms with van der Waals surface area (Å²) in [6.45, 7) is 4.26. The molecule has 214 valence electrons. The Labute approximate surface area is 237 Å². The van der Waals surface area contributed by atoms with Gasteiger partial charge in [0.25, 0.3) is 0 Å². The Balaban J connectivity index is 1.44. The van der Waals surface area contributed by atoms with Crippen LogP contribution in [-0.2, 0) is 9.53 Å². The van der Waals surface area contributed by atoms with E-state index < -0.39 is 17.9 Å². The van der Waals surface area contributed by atoms with Gasteiger partial charge in [0.15, 0.2) is 0 Å². The number of methoxy groups -OCH3 is 1. The fourth-order valence-electron chi connectivity index (χ4n) is 3.56. The number of oxime groups is 1. The van der Waals surface area contributed by atoms with Gasteiger partial charge in [-0.3, -0.25) is 0 Å². The summed E-state index contributed by atoms with van der Waals surface area (Å²) in [6, 6.07) is 17.2. The molecule has 0 spiro atoms. The summed E-state index contributed by atoms with van der Waals surface area (Å²) in [5.41, 5.74) is 0.917. The Hall–Kier alpha value is -5.12. The maximum absolute atomic E-state index is 12.6. The smallest absolute Gasteiger partial charge is 0.343 e. The van der Waals surface area contributed by atoms with E-state index in [0.717, 1.165) is 38.0 Å². The predicted molar refractivity (Wildman–Crippen MR) is 150 cm³/mol. The Morgan fingerprint density at radius 3 is 1.98 bits per heavy atom. The van der Waals surface area contributed by atoms with E-state index in [-0.39, 0.29) is 17.1 Å². The van der Waals surface area contributed by atoms with Gasteiger partial charge in [-0.05, 0) is 92.4 Å². The number of benzene rings is 3. The van der Waals surface area contributed by atoms with Gasteiger partial charge in [0, 0.05) is 11.6 Å². The van der Waals surface area contributed by atoms with Crippen LogP contribution in [0.3, 0.4) is 0 Å². The molecule has 1 N–H and O–H groups in total. The fraction of sp³-hybridized carbons (Fsp3) is 0.226. The zero-order valence-electron chi connectivity index (χ0n) is 22.6. The van der Waals surface area contributed by atoms with Crippen molar-refractivity contribution in [3.63, 3.8) is 0 Å². The van der Waals surface area contributed by atoms with Crippen LogP contribution >= 0.6 is 0 Å². The minimum absolute atomic E-state index is 0.181. The lowest BCUT2D eigenvalue weighted by atomic mass is 10.2. The van der Waals surface area contributed by atoms with Gasteiger partial charge in [-0.2, -0.15) is 0 Å². The van der Waals surface area contributed by atoms with Crippen LogP contribution in [0.2, 0.25) is 0 Å². The zero-order valence-corrected chi connectivity index (χ0v) is 22.6. The van der Waals surface area contributed by atoms with Crippen molar-refractivity contribution in [1.82, 2.24) is 0 Å². The summed E-state index contributed by atoms with van der Waals surface area (Å²) in [5.74, 6) is -0.0475. The molecule has 0 aliphatic heterocycles. The Kier molecular flexibility index (Phi) is 11.9. The largest absolute Gasteiger partial charge is 0.497 e. The lowest BCUT2D eigenvalue weighted by molar-refractivity contribution is -0.137. The second-order valence-corrected chi connectivity index (χ2v) is 8.61. The Morgan fingerprint density at radius 2 is 1.37 bits per heavy atom. The quantitative estimate of drug-likeness (QED) is 0.0478. The van der Waals surface area contributed by atoms with Crippen molar-refractivity contribution in [2.45, 2.75) is 25.7 Å². The van der Waals surface area contributed by atoms with Crippen LogP contribution in [0.15, 0.2) is 84.5 Å². The molecular formula is C31H31NO9. The second kappa shape index (κ2) is 16.1. The number of esters is 3. The number of carbonyl (C=O) groups is 3. The van der Waals surface area contributed by atoms with Crippen LogP contribution in [0.1, 0.15) is 52.0 Å². The molecule has 41 heavy (non-hydrogen) atoms. The Bertz CT molecular complexity index is 1350. The van der Waals surface area contributed by atoms with E-state index in [2.05, 4.69) is 11.7 Å². The van der Waals surface area contributed by atoms with Crippen molar-refractivity contribution >= 4 is 24.1 Å². The minimum atomic E-state index is -0.648. The van der Waals surface area contributed by atoms with Crippen LogP contribution in [0, 0.1) is 0 Å². The maximum Gasteiger partial charge on any atom is 0.343 e. The first kappa shape index (κ1) is 30.4. The lowest BCUT2D eigenvalue weighted by Gasteiger charge is -2.10. The van der Waals surface area contributed by atoms with Gasteiger partial charge < -0.3 is 28.9 Å². The third-order valence-corrected chi connectivity index (χ3v) is 5.73. The van der Waals surface area contributed by atoms with E-state index in [4.69, 9.17) is 28.9 Å². The summed E-state index contributed by atoms with van der Waals surface area (Å²) < 4.78 is 26.6. The van der Waals surface area contributed by atoms with Gasteiger partial charge in [-0.1, -0.05) is 11.7 Å². The average molecular weight is 562 g/mol. The molecule has 0 atom stereocenters. The number of hydrogen-bond acceptors (Lipinski definition) is 10. The molecule has 0 saturated carbocycles. The van der Waals surface area contributed by atoms with Crippen molar-refractivity contribution in [3.8, 4) is 23.0 Å². The highest BCUT2D eigenvalue weighted by Crippen LogP contribution is 2.24. The van der Waals surface area contributed by atoms with Crippen molar-refractivity contribution in [3.05, 3.63) is 96.1 Å². The third kappa shape index (κ3) is 9.85. The summed E-state index contributed by atoms with van der Waals surface area (Å²) in [6.07, 6.45) is 5.77. The van der Waals surface area contributed by atoms with Crippen molar-refractivity contribution < 1.29 is 43.3 Å². The summed E-state index contributed by atoms with van der Waals surface area (Å²) in [4.78, 5) is 36.1. The molecule has 0 aliphatic rings. The van der Waals surface area contributed by atoms with Gasteiger partial charge in [0.05, 0.1) is 37.7 Å². The molecule has 0 bridgehead atoms. The van der Waals surface area contributed by atoms with Crippen molar-refractivity contribution in [2.75, 3.05) is 20.3 Å². The molecule has 3 aromatic carbocycles. The molecule has 0 radical (unpaired) electrons. The van der Waals surface area contributed by atoms with Crippen LogP contribution in [0.5, 0.6) is 23.0 Å². The van der Waals surface area contributed by atoms with Gasteiger partial charge in [0.2, 0.25) is 0 Å². The van der Waals surface area contributed by atoms with E-state index in [1.54, 1.807) is 36.4 Å². The van der Waals surface area contributed by atoms with Crippen LogP contribution < -0.4 is 18.9 Å². The third-order valence-electron chi connectivity index (χ3n) is 5.73. The highest BCUT2D eigenvalue weighted by Gasteiger charge is 2.14. The molecule has 0 fully saturated rings. The van der Waals surface area contributed by atoms with E-state index >= 15 is 0 Å². The first-order chi connectivity index (χ1) is 19.9. The molecule has 0 aromatic heterocycles. The standard InChI is InChI=1S/C31H31NO9/c1-3-29(33)39-19-7-5-4-6-18-38-25-12-8-22(9-13-25)30(34)40-26-14-10-23(11-15-26)31(35)41-28-17-16-27(37-2)20-24(28)21-32-36/h3,8-17,20-21,36H,1,4-7,18-19H2,2H3. The van der Waals surface area contributed by atoms with Gasteiger partial charge in [0.1, 0.15) is 23.0 Å². The molecule has 0 unspecified atom stereocenters. The predicted octanol–water partition coefficient (Wildman–Crippen LogP) is 5.61. The molecule has 0 amide bonds. The van der Waals surface area contributed by atoms with Crippen molar-refractivity contribution in [1.29, 1.82) is 0 Å². The van der Waals surface area contributed by atoms with Crippen molar-refractivity contribution in [2.24, 2.45) is 5.16 Å². The summed E-state index contributed by atoms with van der Waals surface area (Å²) in [7, 11) is 1.49. The van der Waals surface area contributed by atoms with E-state index in [1.807, 2.05) is 0 Å². The van der Waals surface area contributed by atoms with Gasteiger partial charge in [-0.25, -0.2) is 14.4 Å². The van der Waals surface area contributed by atoms with Crippen LogP contribution in [-0.4, -0.2) is 49.7 Å². The summed E-state index contributed by atoms with van der Waals surface area (Å²) >= 11 is 0. The second-order valence-electron chi connectivity index (χ2n) is 8.61. The van der Waals surface area contributed by atoms with E-state index in [1.165, 1.54) is 37.4 Å². The molecular weight excluding hydrogens is 530 g/mol. The number of rotatable bonds is 15. The number of ether oxygens (including phenoxy) is 5. The number of carbonyl (C=O) groups excluding carboxylic acids is 3. The highest BCUT2D eigenvalue weighted by atomic mass is 16.5. The number of unbranched alkanes of at least 4 members (excludes halogenated alkanes) is 3. The van der Waals surface area contributed by atoms with Crippen LogP contribution in [0.4, 0.5) is 0 Å². The average Bonchev–Trinajstić information content (AvgIpc) is 2.99. The Morgan fingerprint density at radius 1 is 0.780 bits per heavy atom. The number of hydrogen-bond donors (Lipinski definition) is 1. The molecule has 0 saturated heterocycles. The minimum Gasteiger partial charge on any atom is -0.497 e. The molecule has 10 nitrogen and oxygen atoms in total. The first-order valence-corrected chi connectivity index (χ1v) is 12.9. The SMILES string of the molecule is C=CC(=O)OCCCCCCOc1ccc(C(=O)Oc2ccc(C(=O)Oc3ccc(OC)cc3C=NO)cc2)cc1. The molecule has 3 rings (SSSR count). The first-order valence-electron chi connectivity index (χ1n) is 12.9. The topological polar surface area (TPSA) is 130 Å². The summed E-state index contributed by atoms with van der Waals surface area (Å²) in [5, 5.41) is 11.9. The van der Waals surface area contributed by atoms with Crippen LogP contribution in [0.25, 0.3) is 0 Å². The number of nitrogens with zero attached hydrogens (tertiary/aromatic N) is 1. The fourth-order valence-corrected chi connectivity index (χ4v) is 3.56. The molecule has 3 aromatic rings. The maximum atomic E-state index is 12.6. The van der Waals surface area contributed by atoms with E-state index in [9.17, 15) is 14.4 Å². The highest BCUT2D eigenvalue weighted by molar-refractivity contribution is 5.94. The lowest BCUT2D eigenvalue weighted by Crippen LogP contribution is -2.11.